The zero-order valence-electron chi connectivity index (χ0n) is 16.8. The number of aromatic amines is 1. The summed E-state index contributed by atoms with van der Waals surface area (Å²) in [6.07, 6.45) is 0.623. The molecule has 2 amide bonds. The molecule has 1 aromatic heterocycles. The predicted octanol–water partition coefficient (Wildman–Crippen LogP) is 4.07. The first-order chi connectivity index (χ1) is 15.2. The average molecular weight is 414 g/mol. The molecule has 1 atom stereocenters. The summed E-state index contributed by atoms with van der Waals surface area (Å²) in [5.41, 5.74) is 3.86. The second-order valence-electron chi connectivity index (χ2n) is 7.40. The number of rotatable bonds is 6. The minimum absolute atomic E-state index is 0.228. The van der Waals surface area contributed by atoms with Crippen LogP contribution < -0.4 is 20.1 Å². The highest BCUT2D eigenvalue weighted by Gasteiger charge is 2.19. The summed E-state index contributed by atoms with van der Waals surface area (Å²) in [5, 5.41) is 5.99. The van der Waals surface area contributed by atoms with Crippen molar-refractivity contribution in [1.29, 1.82) is 0 Å². The molecule has 1 aliphatic rings. The predicted molar refractivity (Wildman–Crippen MR) is 117 cm³/mol. The largest absolute Gasteiger partial charge is 0.454 e. The molecule has 5 rings (SSSR count). The molecule has 2 heterocycles. The van der Waals surface area contributed by atoms with Crippen molar-refractivity contribution in [3.63, 3.8) is 0 Å². The first-order valence-electron chi connectivity index (χ1n) is 10.2. The Morgan fingerprint density at radius 2 is 1.77 bits per heavy atom. The van der Waals surface area contributed by atoms with Crippen LogP contribution >= 0.6 is 0 Å². The Bertz CT molecular complexity index is 1170. The van der Waals surface area contributed by atoms with Gasteiger partial charge in [0.2, 0.25) is 6.79 Å². The number of hydrogen-bond acceptors (Lipinski definition) is 4. The maximum atomic E-state index is 12.7. The van der Waals surface area contributed by atoms with Crippen LogP contribution in [0.25, 0.3) is 11.0 Å². The van der Waals surface area contributed by atoms with Gasteiger partial charge in [-0.25, -0.2) is 9.78 Å². The van der Waals surface area contributed by atoms with E-state index in [9.17, 15) is 4.79 Å². The number of carbonyl (C=O) groups excluding carboxylic acids is 1. The molecular weight excluding hydrogens is 392 g/mol. The van der Waals surface area contributed by atoms with E-state index < -0.39 is 0 Å². The molecule has 1 unspecified atom stereocenters. The molecular formula is C24H22N4O3. The number of benzene rings is 3. The van der Waals surface area contributed by atoms with Crippen LogP contribution in [0.4, 0.5) is 4.79 Å². The van der Waals surface area contributed by atoms with Crippen LogP contribution in [0.15, 0.2) is 72.8 Å². The van der Waals surface area contributed by atoms with Gasteiger partial charge in [-0.15, -0.1) is 0 Å². The van der Waals surface area contributed by atoms with Crippen molar-refractivity contribution in [2.24, 2.45) is 0 Å². The zero-order valence-corrected chi connectivity index (χ0v) is 16.8. The Balaban J connectivity index is 1.30. The van der Waals surface area contributed by atoms with Crippen LogP contribution in [0.1, 0.15) is 23.0 Å². The highest BCUT2D eigenvalue weighted by molar-refractivity contribution is 5.76. The third-order valence-corrected chi connectivity index (χ3v) is 5.22. The molecule has 0 fully saturated rings. The maximum absolute atomic E-state index is 12.7. The minimum Gasteiger partial charge on any atom is -0.454 e. The summed E-state index contributed by atoms with van der Waals surface area (Å²) in [7, 11) is 0. The number of ether oxygens (including phenoxy) is 2. The molecule has 7 heteroatoms. The molecule has 156 valence electrons. The van der Waals surface area contributed by atoms with Gasteiger partial charge in [-0.1, -0.05) is 48.5 Å². The van der Waals surface area contributed by atoms with Gasteiger partial charge < -0.3 is 25.1 Å². The summed E-state index contributed by atoms with van der Waals surface area (Å²) in [6.45, 7) is 0.603. The van der Waals surface area contributed by atoms with E-state index >= 15 is 0 Å². The highest BCUT2D eigenvalue weighted by Crippen LogP contribution is 2.32. The number of carbonyl (C=O) groups is 1. The number of imidazole rings is 1. The lowest BCUT2D eigenvalue weighted by molar-refractivity contribution is 0.174. The average Bonchev–Trinajstić information content (AvgIpc) is 3.44. The summed E-state index contributed by atoms with van der Waals surface area (Å²) < 4.78 is 10.7. The summed E-state index contributed by atoms with van der Waals surface area (Å²) in [6, 6.07) is 23.0. The van der Waals surface area contributed by atoms with Crippen molar-refractivity contribution in [2.75, 3.05) is 6.79 Å². The number of nitrogens with zero attached hydrogens (tertiary/aromatic N) is 1. The van der Waals surface area contributed by atoms with Crippen LogP contribution in [-0.2, 0) is 13.0 Å². The quantitative estimate of drug-likeness (QED) is 0.444. The number of nitrogens with one attached hydrogen (secondary N) is 3. The van der Waals surface area contributed by atoms with E-state index in [0.29, 0.717) is 18.7 Å². The van der Waals surface area contributed by atoms with Crippen molar-refractivity contribution in [3.05, 3.63) is 89.7 Å². The molecule has 0 aliphatic carbocycles. The number of H-pyrrole nitrogens is 1. The summed E-state index contributed by atoms with van der Waals surface area (Å²) >= 11 is 0. The van der Waals surface area contributed by atoms with E-state index in [2.05, 4.69) is 15.6 Å². The lowest BCUT2D eigenvalue weighted by atomic mass is 10.1. The summed E-state index contributed by atoms with van der Waals surface area (Å²) in [5.74, 6) is 2.15. The van der Waals surface area contributed by atoms with Crippen LogP contribution in [-0.4, -0.2) is 22.8 Å². The van der Waals surface area contributed by atoms with Gasteiger partial charge in [0.25, 0.3) is 0 Å². The monoisotopic (exact) mass is 414 g/mol. The van der Waals surface area contributed by atoms with Gasteiger partial charge >= 0.3 is 6.03 Å². The van der Waals surface area contributed by atoms with Gasteiger partial charge in [0.15, 0.2) is 11.5 Å². The number of fused-ring (bicyclic) bond motifs is 2. The molecule has 0 spiro atoms. The lowest BCUT2D eigenvalue weighted by Crippen LogP contribution is -2.38. The van der Waals surface area contributed by atoms with E-state index in [0.717, 1.165) is 33.7 Å². The Hall–Kier alpha value is -4.00. The van der Waals surface area contributed by atoms with Crippen molar-refractivity contribution < 1.29 is 14.3 Å². The number of para-hydroxylation sites is 2. The number of hydrogen-bond donors (Lipinski definition) is 3. The van der Waals surface area contributed by atoms with Gasteiger partial charge in [0.05, 0.1) is 17.1 Å². The van der Waals surface area contributed by atoms with Gasteiger partial charge in [-0.05, 0) is 41.8 Å². The van der Waals surface area contributed by atoms with Crippen LogP contribution in [0.3, 0.4) is 0 Å². The SMILES string of the molecule is O=C(NCc1ccc2c(c1)OCO2)NC(Cc1ccccc1)c1nc2ccccc2[nH]1. The lowest BCUT2D eigenvalue weighted by Gasteiger charge is -2.17. The second-order valence-corrected chi connectivity index (χ2v) is 7.40. The molecule has 0 saturated heterocycles. The fourth-order valence-corrected chi connectivity index (χ4v) is 3.65. The van der Waals surface area contributed by atoms with Crippen molar-refractivity contribution >= 4 is 17.1 Å². The van der Waals surface area contributed by atoms with Gasteiger partial charge in [-0.2, -0.15) is 0 Å². The van der Waals surface area contributed by atoms with Gasteiger partial charge in [0, 0.05) is 6.54 Å². The number of urea groups is 1. The van der Waals surface area contributed by atoms with Crippen molar-refractivity contribution in [3.8, 4) is 11.5 Å². The normalized spacial score (nSPS) is 13.2. The first-order valence-corrected chi connectivity index (χ1v) is 10.2. The smallest absolute Gasteiger partial charge is 0.315 e. The third-order valence-electron chi connectivity index (χ3n) is 5.22. The van der Waals surface area contributed by atoms with E-state index in [-0.39, 0.29) is 18.9 Å². The molecule has 0 radical (unpaired) electrons. The van der Waals surface area contributed by atoms with Crippen molar-refractivity contribution in [1.82, 2.24) is 20.6 Å². The van der Waals surface area contributed by atoms with E-state index in [4.69, 9.17) is 14.5 Å². The molecule has 0 saturated carbocycles. The molecule has 3 N–H and O–H groups in total. The van der Waals surface area contributed by atoms with Gasteiger partial charge in [-0.3, -0.25) is 0 Å². The van der Waals surface area contributed by atoms with E-state index in [1.807, 2.05) is 72.8 Å². The zero-order chi connectivity index (χ0) is 21.0. The molecule has 4 aromatic rings. The number of aromatic nitrogens is 2. The van der Waals surface area contributed by atoms with Crippen LogP contribution in [0.5, 0.6) is 11.5 Å². The van der Waals surface area contributed by atoms with Gasteiger partial charge in [0.1, 0.15) is 5.82 Å². The topological polar surface area (TPSA) is 88.3 Å². The Morgan fingerprint density at radius 3 is 2.65 bits per heavy atom. The fourth-order valence-electron chi connectivity index (χ4n) is 3.65. The summed E-state index contributed by atoms with van der Waals surface area (Å²) in [4.78, 5) is 20.8. The fraction of sp³-hybridized carbons (Fsp3) is 0.167. The maximum Gasteiger partial charge on any atom is 0.315 e. The second kappa shape index (κ2) is 8.39. The van der Waals surface area contributed by atoms with Crippen molar-refractivity contribution in [2.45, 2.75) is 19.0 Å². The molecule has 31 heavy (non-hydrogen) atoms. The first kappa shape index (κ1) is 19.0. The Labute approximate surface area is 179 Å². The molecule has 3 aromatic carbocycles. The van der Waals surface area contributed by atoms with Crippen LogP contribution in [0, 0.1) is 0 Å². The molecule has 7 nitrogen and oxygen atoms in total. The molecule has 0 bridgehead atoms. The number of amides is 2. The Kier molecular flexibility index (Phi) is 5.14. The minimum atomic E-state index is -0.299. The standard InChI is InChI=1S/C24H22N4O3/c29-24(25-14-17-10-11-21-22(13-17)31-15-30-21)28-20(12-16-6-2-1-3-7-16)23-26-18-8-4-5-9-19(18)27-23/h1-11,13,20H,12,14-15H2,(H,26,27)(H2,25,28,29). The van der Waals surface area contributed by atoms with E-state index in [1.165, 1.54) is 0 Å². The highest BCUT2D eigenvalue weighted by atomic mass is 16.7. The van der Waals surface area contributed by atoms with E-state index in [1.54, 1.807) is 0 Å². The molecule has 1 aliphatic heterocycles. The van der Waals surface area contributed by atoms with Crippen LogP contribution in [0.2, 0.25) is 0 Å². The Morgan fingerprint density at radius 1 is 0.968 bits per heavy atom. The third kappa shape index (κ3) is 4.30.